The van der Waals surface area contributed by atoms with Gasteiger partial charge in [-0.3, -0.25) is 14.4 Å². The number of primary amides is 1. The zero-order valence-electron chi connectivity index (χ0n) is 21.6. The summed E-state index contributed by atoms with van der Waals surface area (Å²) in [5, 5.41) is 5.62. The van der Waals surface area contributed by atoms with Gasteiger partial charge in [0.1, 0.15) is 17.7 Å². The van der Waals surface area contributed by atoms with Crippen LogP contribution in [0.1, 0.15) is 82.9 Å². The number of ether oxygens (including phenoxy) is 1. The lowest BCUT2D eigenvalue weighted by atomic mass is 9.94. The Balaban J connectivity index is 2.32. The van der Waals surface area contributed by atoms with Crippen LogP contribution in [0.2, 0.25) is 0 Å². The van der Waals surface area contributed by atoms with E-state index in [4.69, 9.17) is 16.9 Å². The van der Waals surface area contributed by atoms with E-state index in [0.29, 0.717) is 11.1 Å². The second-order valence-corrected chi connectivity index (χ2v) is 10.2. The number of likely N-dealkylation sites (N-methyl/N-ethyl adjacent to an activating group) is 1. The van der Waals surface area contributed by atoms with Crippen molar-refractivity contribution in [2.45, 2.75) is 89.4 Å². The summed E-state index contributed by atoms with van der Waals surface area (Å²) in [6.45, 7) is 5.10. The molecule has 2 rings (SSSR count). The van der Waals surface area contributed by atoms with Crippen molar-refractivity contribution in [3.05, 3.63) is 35.4 Å². The summed E-state index contributed by atoms with van der Waals surface area (Å²) in [7, 11) is 1.50. The molecule has 0 spiro atoms. The molecule has 4 N–H and O–H groups in total. The molecule has 4 amide bonds. The van der Waals surface area contributed by atoms with E-state index in [-0.39, 0.29) is 24.8 Å². The molecular formula is C27H38N4O5. The van der Waals surface area contributed by atoms with Crippen LogP contribution in [0.5, 0.6) is 0 Å². The SMILES string of the molecule is C#Cc1ccc(C(C(=O)NC2CCCCC2)N(C)C(=O)C(CCC(N)=O)NC(=O)OC(C)(C)C)cc1. The van der Waals surface area contributed by atoms with E-state index in [1.54, 1.807) is 45.0 Å². The van der Waals surface area contributed by atoms with Crippen molar-refractivity contribution in [2.75, 3.05) is 7.05 Å². The average molecular weight is 499 g/mol. The molecule has 2 atom stereocenters. The number of alkyl carbamates (subject to hydrolysis) is 1. The summed E-state index contributed by atoms with van der Waals surface area (Å²) in [6.07, 6.45) is 9.48. The zero-order valence-corrected chi connectivity index (χ0v) is 21.6. The summed E-state index contributed by atoms with van der Waals surface area (Å²) in [5.41, 5.74) is 5.73. The van der Waals surface area contributed by atoms with Crippen LogP contribution in [-0.2, 0) is 19.1 Å². The Morgan fingerprint density at radius 2 is 1.75 bits per heavy atom. The summed E-state index contributed by atoms with van der Waals surface area (Å²) in [5.74, 6) is 1.06. The van der Waals surface area contributed by atoms with Gasteiger partial charge in [0.15, 0.2) is 0 Å². The molecule has 0 radical (unpaired) electrons. The van der Waals surface area contributed by atoms with Crippen LogP contribution < -0.4 is 16.4 Å². The summed E-state index contributed by atoms with van der Waals surface area (Å²) < 4.78 is 5.29. The number of terminal acetylenes is 1. The van der Waals surface area contributed by atoms with Crippen LogP contribution >= 0.6 is 0 Å². The van der Waals surface area contributed by atoms with Crippen LogP contribution in [0.3, 0.4) is 0 Å². The Hall–Kier alpha value is -3.54. The van der Waals surface area contributed by atoms with Gasteiger partial charge in [0.25, 0.3) is 0 Å². The number of carbonyl (C=O) groups is 4. The van der Waals surface area contributed by atoms with Crippen LogP contribution in [0.4, 0.5) is 4.79 Å². The first-order chi connectivity index (χ1) is 16.9. The molecule has 2 unspecified atom stereocenters. The quantitative estimate of drug-likeness (QED) is 0.451. The largest absolute Gasteiger partial charge is 0.444 e. The maximum atomic E-state index is 13.6. The van der Waals surface area contributed by atoms with Gasteiger partial charge >= 0.3 is 6.09 Å². The molecule has 0 saturated heterocycles. The first kappa shape index (κ1) is 28.7. The van der Waals surface area contributed by atoms with Crippen LogP contribution in [0.25, 0.3) is 0 Å². The van der Waals surface area contributed by atoms with Gasteiger partial charge in [-0.15, -0.1) is 6.42 Å². The predicted molar refractivity (Wildman–Crippen MR) is 136 cm³/mol. The second kappa shape index (κ2) is 13.0. The van der Waals surface area contributed by atoms with E-state index in [1.165, 1.54) is 11.9 Å². The standard InChI is InChI=1S/C27H38N4O5/c1-6-18-12-14-19(15-13-18)23(24(33)29-20-10-8-7-9-11-20)31(5)25(34)21(16-17-22(28)32)30-26(35)36-27(2,3)4/h1,12-15,20-21,23H,7-11,16-17H2,2-5H3,(H2,28,32)(H,29,33)(H,30,35). The Bertz CT molecular complexity index is 971. The normalized spacial score (nSPS) is 15.6. The van der Waals surface area contributed by atoms with Gasteiger partial charge in [-0.25, -0.2) is 4.79 Å². The Kier molecular flexibility index (Phi) is 10.3. The lowest BCUT2D eigenvalue weighted by molar-refractivity contribution is -0.141. The maximum absolute atomic E-state index is 13.6. The predicted octanol–water partition coefficient (Wildman–Crippen LogP) is 2.78. The fourth-order valence-electron chi connectivity index (χ4n) is 4.21. The number of hydrogen-bond acceptors (Lipinski definition) is 5. The molecule has 1 aromatic rings. The molecular weight excluding hydrogens is 460 g/mol. The smallest absolute Gasteiger partial charge is 0.408 e. The number of nitrogens with one attached hydrogen (secondary N) is 2. The maximum Gasteiger partial charge on any atom is 0.408 e. The topological polar surface area (TPSA) is 131 Å². The van der Waals surface area contributed by atoms with Crippen molar-refractivity contribution < 1.29 is 23.9 Å². The third-order valence-electron chi connectivity index (χ3n) is 6.00. The molecule has 1 fully saturated rings. The molecule has 1 saturated carbocycles. The van der Waals surface area contributed by atoms with E-state index in [9.17, 15) is 19.2 Å². The lowest BCUT2D eigenvalue weighted by Gasteiger charge is -2.33. The van der Waals surface area contributed by atoms with Crippen molar-refractivity contribution in [1.82, 2.24) is 15.5 Å². The van der Waals surface area contributed by atoms with Crippen LogP contribution in [0, 0.1) is 12.3 Å². The summed E-state index contributed by atoms with van der Waals surface area (Å²) in [4.78, 5) is 52.2. The Morgan fingerprint density at radius 3 is 2.28 bits per heavy atom. The Morgan fingerprint density at radius 1 is 1.14 bits per heavy atom. The highest BCUT2D eigenvalue weighted by molar-refractivity contribution is 5.92. The van der Waals surface area contributed by atoms with E-state index >= 15 is 0 Å². The van der Waals surface area contributed by atoms with Crippen molar-refractivity contribution in [1.29, 1.82) is 0 Å². The van der Waals surface area contributed by atoms with E-state index in [1.807, 2.05) is 0 Å². The van der Waals surface area contributed by atoms with Gasteiger partial charge in [-0.1, -0.05) is 37.3 Å². The first-order valence-electron chi connectivity index (χ1n) is 12.3. The molecule has 0 aliphatic heterocycles. The van der Waals surface area contributed by atoms with E-state index < -0.39 is 35.6 Å². The van der Waals surface area contributed by atoms with Crippen molar-refractivity contribution in [2.24, 2.45) is 5.73 Å². The molecule has 9 heteroatoms. The number of hydrogen-bond donors (Lipinski definition) is 3. The minimum atomic E-state index is -1.12. The summed E-state index contributed by atoms with van der Waals surface area (Å²) >= 11 is 0. The molecule has 1 aliphatic rings. The highest BCUT2D eigenvalue weighted by Gasteiger charge is 2.35. The fraction of sp³-hybridized carbons (Fsp3) is 0.556. The van der Waals surface area contributed by atoms with Crippen LogP contribution in [0.15, 0.2) is 24.3 Å². The second-order valence-electron chi connectivity index (χ2n) is 10.2. The molecule has 9 nitrogen and oxygen atoms in total. The number of benzene rings is 1. The lowest BCUT2D eigenvalue weighted by Crippen LogP contribution is -2.52. The third kappa shape index (κ3) is 8.91. The molecule has 0 bridgehead atoms. The number of rotatable bonds is 9. The van der Waals surface area contributed by atoms with Gasteiger partial charge in [0.2, 0.25) is 17.7 Å². The minimum absolute atomic E-state index is 0.0350. The fourth-order valence-corrected chi connectivity index (χ4v) is 4.21. The average Bonchev–Trinajstić information content (AvgIpc) is 2.81. The molecule has 36 heavy (non-hydrogen) atoms. The molecule has 0 aromatic heterocycles. The third-order valence-corrected chi connectivity index (χ3v) is 6.00. The highest BCUT2D eigenvalue weighted by Crippen LogP contribution is 2.24. The van der Waals surface area contributed by atoms with Crippen molar-refractivity contribution in [3.8, 4) is 12.3 Å². The van der Waals surface area contributed by atoms with Gasteiger partial charge < -0.3 is 26.0 Å². The monoisotopic (exact) mass is 498 g/mol. The first-order valence-corrected chi connectivity index (χ1v) is 12.3. The van der Waals surface area contributed by atoms with Gasteiger partial charge in [-0.2, -0.15) is 0 Å². The van der Waals surface area contributed by atoms with Crippen molar-refractivity contribution >= 4 is 23.8 Å². The van der Waals surface area contributed by atoms with Crippen molar-refractivity contribution in [3.63, 3.8) is 0 Å². The molecule has 196 valence electrons. The number of nitrogens with two attached hydrogens (primary N) is 1. The number of nitrogens with zero attached hydrogens (tertiary/aromatic N) is 1. The number of amides is 4. The van der Waals surface area contributed by atoms with Gasteiger partial charge in [0.05, 0.1) is 0 Å². The van der Waals surface area contributed by atoms with Gasteiger partial charge in [-0.05, 0) is 57.7 Å². The van der Waals surface area contributed by atoms with Gasteiger partial charge in [0, 0.05) is 25.1 Å². The van der Waals surface area contributed by atoms with E-state index in [0.717, 1.165) is 32.1 Å². The molecule has 1 aliphatic carbocycles. The minimum Gasteiger partial charge on any atom is -0.444 e. The Labute approximate surface area is 213 Å². The van der Waals surface area contributed by atoms with Crippen LogP contribution in [-0.4, -0.2) is 53.4 Å². The number of carbonyl (C=O) groups excluding carboxylic acids is 4. The zero-order chi connectivity index (χ0) is 26.9. The van der Waals surface area contributed by atoms with E-state index in [2.05, 4.69) is 16.6 Å². The molecule has 0 heterocycles. The molecule has 1 aromatic carbocycles. The highest BCUT2D eigenvalue weighted by atomic mass is 16.6. The summed E-state index contributed by atoms with van der Waals surface area (Å²) in [6, 6.07) is 4.78.